The Bertz CT molecular complexity index is 924. The number of hydrogen-bond acceptors (Lipinski definition) is 3. The van der Waals surface area contributed by atoms with Crippen LogP contribution in [0.5, 0.6) is 0 Å². The Morgan fingerprint density at radius 3 is 2.82 bits per heavy atom. The first-order chi connectivity index (χ1) is 13.7. The molecule has 1 saturated heterocycles. The molecule has 28 heavy (non-hydrogen) atoms. The van der Waals surface area contributed by atoms with E-state index in [2.05, 4.69) is 10.4 Å². The summed E-state index contributed by atoms with van der Waals surface area (Å²) in [7, 11) is 0. The van der Waals surface area contributed by atoms with Crippen LogP contribution in [0.15, 0.2) is 67.0 Å². The van der Waals surface area contributed by atoms with Crippen LogP contribution in [-0.4, -0.2) is 39.7 Å². The van der Waals surface area contributed by atoms with Crippen LogP contribution < -0.4 is 5.32 Å². The van der Waals surface area contributed by atoms with Gasteiger partial charge in [0.1, 0.15) is 5.82 Å². The van der Waals surface area contributed by atoms with Gasteiger partial charge in [-0.3, -0.25) is 9.48 Å². The molecule has 1 aromatic heterocycles. The molecule has 3 aromatic rings. The predicted molar refractivity (Wildman–Crippen MR) is 107 cm³/mol. The Morgan fingerprint density at radius 2 is 2.04 bits per heavy atom. The van der Waals surface area contributed by atoms with Crippen molar-refractivity contribution in [3.8, 4) is 0 Å². The highest BCUT2D eigenvalue weighted by Crippen LogP contribution is 2.19. The molecular weight excluding hydrogens is 355 g/mol. The monoisotopic (exact) mass is 378 g/mol. The third-order valence-electron chi connectivity index (χ3n) is 5.00. The summed E-state index contributed by atoms with van der Waals surface area (Å²) in [5, 5.41) is 7.63. The fourth-order valence-electron chi connectivity index (χ4n) is 3.63. The molecule has 0 aliphatic carbocycles. The molecule has 4 rings (SSSR count). The standard InChI is InChI=1S/C22H23FN4O/c23-19-7-9-20(10-8-19)25-21-6-2-12-26(16-21)22(28)18-5-1-4-17(14-18)15-27-13-3-11-24-27/h1,3-5,7-11,13-14,21,25H,2,6,12,15-16H2/t21-/m1/s1. The molecule has 0 radical (unpaired) electrons. The van der Waals surface area contributed by atoms with E-state index in [1.807, 2.05) is 46.1 Å². The number of halogens is 1. The average molecular weight is 378 g/mol. The first-order valence-electron chi connectivity index (χ1n) is 9.55. The van der Waals surface area contributed by atoms with Crippen LogP contribution >= 0.6 is 0 Å². The summed E-state index contributed by atoms with van der Waals surface area (Å²) in [6, 6.07) is 16.1. The topological polar surface area (TPSA) is 50.2 Å². The van der Waals surface area contributed by atoms with Crippen molar-refractivity contribution in [2.24, 2.45) is 0 Å². The maximum atomic E-state index is 13.1. The van der Waals surface area contributed by atoms with E-state index in [1.165, 1.54) is 12.1 Å². The molecule has 0 bridgehead atoms. The van der Waals surface area contributed by atoms with Crippen molar-refractivity contribution in [2.45, 2.75) is 25.4 Å². The lowest BCUT2D eigenvalue weighted by Crippen LogP contribution is -2.45. The predicted octanol–water partition coefficient (Wildman–Crippen LogP) is 3.79. The van der Waals surface area contributed by atoms with Crippen LogP contribution in [0.25, 0.3) is 0 Å². The fraction of sp³-hybridized carbons (Fsp3) is 0.273. The number of piperidine rings is 1. The molecule has 2 heterocycles. The van der Waals surface area contributed by atoms with Gasteiger partial charge in [-0.25, -0.2) is 4.39 Å². The number of hydrogen-bond donors (Lipinski definition) is 1. The van der Waals surface area contributed by atoms with Gasteiger partial charge in [-0.05, 0) is 60.9 Å². The summed E-state index contributed by atoms with van der Waals surface area (Å²) in [5.74, 6) is -0.200. The van der Waals surface area contributed by atoms with Crippen molar-refractivity contribution >= 4 is 11.6 Å². The van der Waals surface area contributed by atoms with Crippen LogP contribution in [0.4, 0.5) is 10.1 Å². The molecule has 2 aromatic carbocycles. The van der Waals surface area contributed by atoms with Gasteiger partial charge in [0.15, 0.2) is 0 Å². The highest BCUT2D eigenvalue weighted by Gasteiger charge is 2.24. The summed E-state index contributed by atoms with van der Waals surface area (Å²) in [4.78, 5) is 14.9. The smallest absolute Gasteiger partial charge is 0.253 e. The number of aromatic nitrogens is 2. The van der Waals surface area contributed by atoms with E-state index >= 15 is 0 Å². The van der Waals surface area contributed by atoms with Gasteiger partial charge in [-0.1, -0.05) is 12.1 Å². The Balaban J connectivity index is 1.41. The van der Waals surface area contributed by atoms with Gasteiger partial charge in [0.05, 0.1) is 6.54 Å². The fourth-order valence-corrected chi connectivity index (χ4v) is 3.63. The number of anilines is 1. The normalized spacial score (nSPS) is 16.8. The number of benzene rings is 2. The third kappa shape index (κ3) is 4.39. The summed E-state index contributed by atoms with van der Waals surface area (Å²) in [6.45, 7) is 2.03. The molecule has 1 fully saturated rings. The molecular formula is C22H23FN4O. The highest BCUT2D eigenvalue weighted by molar-refractivity contribution is 5.94. The number of likely N-dealkylation sites (tertiary alicyclic amines) is 1. The van der Waals surface area contributed by atoms with Crippen molar-refractivity contribution in [3.63, 3.8) is 0 Å². The molecule has 1 aliphatic heterocycles. The number of amides is 1. The van der Waals surface area contributed by atoms with Crippen LogP contribution in [0.3, 0.4) is 0 Å². The Morgan fingerprint density at radius 1 is 1.18 bits per heavy atom. The minimum absolute atomic E-state index is 0.0490. The van der Waals surface area contributed by atoms with E-state index < -0.39 is 0 Å². The zero-order chi connectivity index (χ0) is 19.3. The van der Waals surface area contributed by atoms with Crippen LogP contribution in [0.2, 0.25) is 0 Å². The molecule has 1 amide bonds. The van der Waals surface area contributed by atoms with E-state index in [-0.39, 0.29) is 17.8 Å². The van der Waals surface area contributed by atoms with Gasteiger partial charge in [0.25, 0.3) is 5.91 Å². The van der Waals surface area contributed by atoms with Crippen LogP contribution in [-0.2, 0) is 6.54 Å². The summed E-state index contributed by atoms with van der Waals surface area (Å²) >= 11 is 0. The maximum absolute atomic E-state index is 13.1. The first-order valence-corrected chi connectivity index (χ1v) is 9.55. The summed E-state index contributed by atoms with van der Waals surface area (Å²) in [5.41, 5.74) is 2.63. The summed E-state index contributed by atoms with van der Waals surface area (Å²) < 4.78 is 14.9. The van der Waals surface area contributed by atoms with Gasteiger partial charge >= 0.3 is 0 Å². The van der Waals surface area contributed by atoms with Crippen molar-refractivity contribution < 1.29 is 9.18 Å². The highest BCUT2D eigenvalue weighted by atomic mass is 19.1. The number of nitrogens with one attached hydrogen (secondary N) is 1. The Labute approximate surface area is 163 Å². The van der Waals surface area contributed by atoms with Gasteiger partial charge in [-0.2, -0.15) is 5.10 Å². The minimum Gasteiger partial charge on any atom is -0.381 e. The summed E-state index contributed by atoms with van der Waals surface area (Å²) in [6.07, 6.45) is 5.58. The van der Waals surface area contributed by atoms with Crippen molar-refractivity contribution in [1.29, 1.82) is 0 Å². The maximum Gasteiger partial charge on any atom is 0.253 e. The van der Waals surface area contributed by atoms with Crippen molar-refractivity contribution in [2.75, 3.05) is 18.4 Å². The molecule has 0 saturated carbocycles. The zero-order valence-electron chi connectivity index (χ0n) is 15.6. The van der Waals surface area contributed by atoms with Crippen molar-refractivity contribution in [1.82, 2.24) is 14.7 Å². The van der Waals surface area contributed by atoms with E-state index in [0.29, 0.717) is 18.7 Å². The van der Waals surface area contributed by atoms with E-state index in [9.17, 15) is 9.18 Å². The molecule has 6 heteroatoms. The van der Waals surface area contributed by atoms with Gasteiger partial charge in [0.2, 0.25) is 0 Å². The molecule has 1 N–H and O–H groups in total. The van der Waals surface area contributed by atoms with Gasteiger partial charge < -0.3 is 10.2 Å². The van der Waals surface area contributed by atoms with Gasteiger partial charge in [0, 0.05) is 42.8 Å². The number of rotatable bonds is 5. The van der Waals surface area contributed by atoms with Crippen molar-refractivity contribution in [3.05, 3.63) is 83.9 Å². The molecule has 144 valence electrons. The largest absolute Gasteiger partial charge is 0.381 e. The van der Waals surface area contributed by atoms with E-state index in [4.69, 9.17) is 0 Å². The van der Waals surface area contributed by atoms with E-state index in [1.54, 1.807) is 18.3 Å². The lowest BCUT2D eigenvalue weighted by molar-refractivity contribution is 0.0714. The third-order valence-corrected chi connectivity index (χ3v) is 5.00. The van der Waals surface area contributed by atoms with Crippen LogP contribution in [0.1, 0.15) is 28.8 Å². The first kappa shape index (κ1) is 18.2. The average Bonchev–Trinajstić information content (AvgIpc) is 3.23. The second-order valence-electron chi connectivity index (χ2n) is 7.15. The second-order valence-corrected chi connectivity index (χ2v) is 7.15. The lowest BCUT2D eigenvalue weighted by atomic mass is 10.0. The number of carbonyl (C=O) groups excluding carboxylic acids is 1. The molecule has 5 nitrogen and oxygen atoms in total. The number of nitrogens with zero attached hydrogens (tertiary/aromatic N) is 3. The minimum atomic E-state index is -0.249. The Kier molecular flexibility index (Phi) is 5.37. The van der Waals surface area contributed by atoms with Gasteiger partial charge in [-0.15, -0.1) is 0 Å². The molecule has 0 unspecified atom stereocenters. The second kappa shape index (κ2) is 8.25. The SMILES string of the molecule is O=C(c1cccc(Cn2cccn2)c1)N1CCC[C@@H](Nc2ccc(F)cc2)C1. The molecule has 1 aliphatic rings. The lowest BCUT2D eigenvalue weighted by Gasteiger charge is -2.34. The number of carbonyl (C=O) groups is 1. The molecule has 0 spiro atoms. The van der Waals surface area contributed by atoms with E-state index in [0.717, 1.165) is 30.6 Å². The molecule has 1 atom stereocenters. The Hall–Kier alpha value is -3.15. The zero-order valence-corrected chi connectivity index (χ0v) is 15.6. The van der Waals surface area contributed by atoms with Crippen LogP contribution in [0, 0.1) is 5.82 Å². The quantitative estimate of drug-likeness (QED) is 0.735.